The molecule has 2 aliphatic carbocycles. The van der Waals surface area contributed by atoms with Crippen molar-refractivity contribution >= 4 is 34.2 Å². The quantitative estimate of drug-likeness (QED) is 0.757. The number of carbonyl (C=O) groups excluding carboxylic acids is 2. The molecule has 7 nitrogen and oxygen atoms in total. The van der Waals surface area contributed by atoms with E-state index in [1.165, 1.54) is 14.2 Å². The molecule has 0 amide bonds. The zero-order chi connectivity index (χ0) is 21.4. The van der Waals surface area contributed by atoms with Crippen LogP contribution in [0.2, 0.25) is 0 Å². The van der Waals surface area contributed by atoms with Crippen molar-refractivity contribution in [2.75, 3.05) is 14.2 Å². The summed E-state index contributed by atoms with van der Waals surface area (Å²) in [6.45, 7) is 1.89. The van der Waals surface area contributed by atoms with Gasteiger partial charge in [0.15, 0.2) is 5.42 Å². The van der Waals surface area contributed by atoms with Gasteiger partial charge in [0.1, 0.15) is 17.1 Å². The Morgan fingerprint density at radius 2 is 1.83 bits per heavy atom. The fourth-order valence-electron chi connectivity index (χ4n) is 4.46. The minimum Gasteiger partial charge on any atom is -0.468 e. The lowest BCUT2D eigenvalue weighted by Crippen LogP contribution is -2.44. The lowest BCUT2D eigenvalue weighted by atomic mass is 9.93. The first-order valence-corrected chi connectivity index (χ1v) is 10.2. The van der Waals surface area contributed by atoms with Gasteiger partial charge in [-0.3, -0.25) is 9.59 Å². The largest absolute Gasteiger partial charge is 0.468 e. The van der Waals surface area contributed by atoms with E-state index in [-0.39, 0.29) is 27.7 Å². The van der Waals surface area contributed by atoms with Crippen molar-refractivity contribution in [3.8, 4) is 0 Å². The first-order valence-electron chi connectivity index (χ1n) is 10.2. The Balaban J connectivity index is 2.07. The summed E-state index contributed by atoms with van der Waals surface area (Å²) in [5, 5.41) is 4.02. The Labute approximate surface area is 173 Å². The Kier molecular flexibility index (Phi) is 5.37. The van der Waals surface area contributed by atoms with Crippen molar-refractivity contribution in [3.63, 3.8) is 0 Å². The predicted octanol–water partition coefficient (Wildman–Crippen LogP) is 1.26. The third-order valence-corrected chi connectivity index (χ3v) is 5.94. The van der Waals surface area contributed by atoms with E-state index in [4.69, 9.17) is 13.9 Å². The van der Waals surface area contributed by atoms with Crippen LogP contribution in [0.15, 0.2) is 27.4 Å². The second-order valence-corrected chi connectivity index (χ2v) is 7.89. The normalized spacial score (nSPS) is 19.0. The number of esters is 2. The van der Waals surface area contributed by atoms with E-state index in [9.17, 15) is 14.4 Å². The third kappa shape index (κ3) is 3.28. The molecule has 4 rings (SSSR count). The zero-order valence-corrected chi connectivity index (χ0v) is 17.4. The molecule has 1 unspecified atom stereocenters. The first-order chi connectivity index (χ1) is 14.5. The Morgan fingerprint density at radius 1 is 1.10 bits per heavy atom. The summed E-state index contributed by atoms with van der Waals surface area (Å²) in [6.07, 6.45) is 5.16. The number of benzene rings is 1. The summed E-state index contributed by atoms with van der Waals surface area (Å²) in [6, 6.07) is 5.38. The second kappa shape index (κ2) is 7.97. The predicted molar refractivity (Wildman–Crippen MR) is 111 cm³/mol. The Hall–Kier alpha value is -3.09. The van der Waals surface area contributed by atoms with Crippen molar-refractivity contribution in [1.82, 2.24) is 5.32 Å². The molecule has 1 fully saturated rings. The highest BCUT2D eigenvalue weighted by molar-refractivity contribution is 6.19. The van der Waals surface area contributed by atoms with Crippen LogP contribution in [0.25, 0.3) is 22.2 Å². The van der Waals surface area contributed by atoms with Gasteiger partial charge in [-0.25, -0.2) is 4.79 Å². The summed E-state index contributed by atoms with van der Waals surface area (Å²) in [5.74, 6) is -2.45. The third-order valence-electron chi connectivity index (χ3n) is 5.94. The molecule has 0 saturated heterocycles. The van der Waals surface area contributed by atoms with Crippen LogP contribution in [-0.2, 0) is 19.1 Å². The molecular formula is C23H25NO6. The summed E-state index contributed by atoms with van der Waals surface area (Å²) in [7, 11) is 2.49. The van der Waals surface area contributed by atoms with Crippen LogP contribution in [0, 0.1) is 12.8 Å². The molecule has 1 aromatic carbocycles. The number of rotatable bonds is 4. The van der Waals surface area contributed by atoms with Crippen LogP contribution in [-0.4, -0.2) is 32.2 Å². The highest BCUT2D eigenvalue weighted by atomic mass is 16.5. The van der Waals surface area contributed by atoms with Gasteiger partial charge in [-0.15, -0.1) is 0 Å². The molecule has 1 heterocycles. The number of hydrogen-bond donors (Lipinski definition) is 1. The van der Waals surface area contributed by atoms with Crippen LogP contribution < -0.4 is 21.4 Å². The van der Waals surface area contributed by atoms with E-state index in [1.807, 2.05) is 13.0 Å². The maximum absolute atomic E-state index is 13.5. The SMILES string of the molecule is COC(=O)C1=c2oc3ccc(C)cc3c(=O)c2=C(NC2CCCCC2)C1C(=O)OC. The lowest BCUT2D eigenvalue weighted by molar-refractivity contribution is -0.144. The van der Waals surface area contributed by atoms with Crippen molar-refractivity contribution in [2.45, 2.75) is 45.1 Å². The van der Waals surface area contributed by atoms with Crippen LogP contribution in [0.1, 0.15) is 37.7 Å². The van der Waals surface area contributed by atoms with Gasteiger partial charge in [-0.1, -0.05) is 30.9 Å². The molecule has 0 radical (unpaired) electrons. The zero-order valence-electron chi connectivity index (χ0n) is 17.4. The minimum atomic E-state index is -1.09. The van der Waals surface area contributed by atoms with Gasteiger partial charge < -0.3 is 19.2 Å². The maximum Gasteiger partial charge on any atom is 0.338 e. The number of fused-ring (bicyclic) bond motifs is 2. The first kappa shape index (κ1) is 20.2. The molecule has 1 N–H and O–H groups in total. The molecule has 1 saturated carbocycles. The molecule has 0 aliphatic heterocycles. The Bertz CT molecular complexity index is 1200. The van der Waals surface area contributed by atoms with Crippen LogP contribution in [0.5, 0.6) is 0 Å². The number of nitrogens with one attached hydrogen (secondary N) is 1. The van der Waals surface area contributed by atoms with E-state index >= 15 is 0 Å². The van der Waals surface area contributed by atoms with Crippen molar-refractivity contribution < 1.29 is 23.5 Å². The molecule has 7 heteroatoms. The van der Waals surface area contributed by atoms with Gasteiger partial charge in [-0.05, 0) is 31.9 Å². The molecule has 1 aromatic heterocycles. The lowest BCUT2D eigenvalue weighted by Gasteiger charge is -2.27. The molecule has 158 valence electrons. The van der Waals surface area contributed by atoms with Gasteiger partial charge in [0.05, 0.1) is 24.8 Å². The van der Waals surface area contributed by atoms with Crippen molar-refractivity contribution in [2.24, 2.45) is 5.92 Å². The fourth-order valence-corrected chi connectivity index (χ4v) is 4.46. The summed E-state index contributed by atoms with van der Waals surface area (Å²) >= 11 is 0. The van der Waals surface area contributed by atoms with Crippen LogP contribution in [0.3, 0.4) is 0 Å². The highest BCUT2D eigenvalue weighted by Gasteiger charge is 2.41. The number of hydrogen-bond acceptors (Lipinski definition) is 7. The van der Waals surface area contributed by atoms with Crippen molar-refractivity contribution in [3.05, 3.63) is 44.6 Å². The standard InChI is InChI=1S/C23H25NO6/c1-12-9-10-15-14(11-12)20(25)18-19(24-13-7-5-4-6-8-13)16(22(26)28-2)17(21(18)30-15)23(27)29-3/h9-11,13,16,24H,4-8H2,1-3H3. The minimum absolute atomic E-state index is 0.00256. The Morgan fingerprint density at radius 3 is 2.50 bits per heavy atom. The molecule has 2 aliphatic rings. The molecular weight excluding hydrogens is 386 g/mol. The summed E-state index contributed by atoms with van der Waals surface area (Å²) < 4.78 is 15.9. The van der Waals surface area contributed by atoms with E-state index in [1.54, 1.807) is 12.1 Å². The van der Waals surface area contributed by atoms with Crippen LogP contribution in [0.4, 0.5) is 0 Å². The van der Waals surface area contributed by atoms with Gasteiger partial charge in [0.25, 0.3) is 0 Å². The second-order valence-electron chi connectivity index (χ2n) is 7.89. The number of methoxy groups -OCH3 is 2. The van der Waals surface area contributed by atoms with E-state index in [2.05, 4.69) is 5.32 Å². The maximum atomic E-state index is 13.5. The summed E-state index contributed by atoms with van der Waals surface area (Å²) in [5.41, 5.74) is 1.45. The van der Waals surface area contributed by atoms with E-state index in [0.29, 0.717) is 16.7 Å². The van der Waals surface area contributed by atoms with Gasteiger partial charge in [0, 0.05) is 11.7 Å². The van der Waals surface area contributed by atoms with Crippen LogP contribution >= 0.6 is 0 Å². The van der Waals surface area contributed by atoms with Gasteiger partial charge in [-0.2, -0.15) is 0 Å². The highest BCUT2D eigenvalue weighted by Crippen LogP contribution is 2.28. The molecule has 0 spiro atoms. The molecule has 1 atom stereocenters. The topological polar surface area (TPSA) is 94.8 Å². The fraction of sp³-hybridized carbons (Fsp3) is 0.435. The number of aryl methyl sites for hydroxylation is 1. The average molecular weight is 411 g/mol. The number of ether oxygens (including phenoxy) is 2. The molecule has 30 heavy (non-hydrogen) atoms. The van der Waals surface area contributed by atoms with Gasteiger partial charge in [0.2, 0.25) is 5.43 Å². The monoisotopic (exact) mass is 411 g/mol. The molecule has 0 bridgehead atoms. The van der Waals surface area contributed by atoms with E-state index < -0.39 is 17.9 Å². The molecule has 2 aromatic rings. The smallest absolute Gasteiger partial charge is 0.338 e. The average Bonchev–Trinajstić information content (AvgIpc) is 3.08. The van der Waals surface area contributed by atoms with E-state index in [0.717, 1.165) is 37.7 Å². The van der Waals surface area contributed by atoms with Gasteiger partial charge >= 0.3 is 11.9 Å². The van der Waals surface area contributed by atoms with Crippen molar-refractivity contribution in [1.29, 1.82) is 0 Å². The number of carbonyl (C=O) groups is 2. The summed E-state index contributed by atoms with van der Waals surface area (Å²) in [4.78, 5) is 38.9.